The van der Waals surface area contributed by atoms with Gasteiger partial charge in [-0.2, -0.15) is 0 Å². The number of fused-ring (bicyclic) bond motifs is 1. The summed E-state index contributed by atoms with van der Waals surface area (Å²) in [5, 5.41) is 9.92. The number of likely N-dealkylation sites (tertiary alicyclic amines) is 1. The lowest BCUT2D eigenvalue weighted by Crippen LogP contribution is -2.29. The summed E-state index contributed by atoms with van der Waals surface area (Å²) in [4.78, 5) is 7.05. The third-order valence-corrected chi connectivity index (χ3v) is 4.14. The first-order valence-electron chi connectivity index (χ1n) is 6.67. The highest BCUT2D eigenvalue weighted by Gasteiger charge is 2.25. The minimum atomic E-state index is -0.344. The van der Waals surface area contributed by atoms with Crippen LogP contribution >= 0.6 is 0 Å². The SMILES string of the molecule is CN1CCC(c2cn3c(n2)C(O)CCC3)CC1. The van der Waals surface area contributed by atoms with Crippen molar-refractivity contribution in [1.29, 1.82) is 0 Å². The molecule has 4 heteroatoms. The van der Waals surface area contributed by atoms with Crippen molar-refractivity contribution in [2.45, 2.75) is 44.2 Å². The van der Waals surface area contributed by atoms with Crippen molar-refractivity contribution in [3.63, 3.8) is 0 Å². The van der Waals surface area contributed by atoms with Crippen LogP contribution in [0.1, 0.15) is 49.2 Å². The molecule has 0 aromatic carbocycles. The Morgan fingerprint density at radius 1 is 1.24 bits per heavy atom. The minimum Gasteiger partial charge on any atom is -0.385 e. The zero-order valence-electron chi connectivity index (χ0n) is 10.5. The summed E-state index contributed by atoms with van der Waals surface area (Å²) >= 11 is 0. The second-order valence-electron chi connectivity index (χ2n) is 5.45. The van der Waals surface area contributed by atoms with Crippen molar-refractivity contribution in [2.75, 3.05) is 20.1 Å². The topological polar surface area (TPSA) is 41.3 Å². The van der Waals surface area contributed by atoms with Gasteiger partial charge < -0.3 is 14.6 Å². The molecule has 0 saturated carbocycles. The van der Waals surface area contributed by atoms with Crippen LogP contribution in [0.3, 0.4) is 0 Å². The van der Waals surface area contributed by atoms with Crippen molar-refractivity contribution >= 4 is 0 Å². The molecule has 1 aromatic rings. The summed E-state index contributed by atoms with van der Waals surface area (Å²) in [7, 11) is 2.18. The number of aromatic nitrogens is 2. The van der Waals surface area contributed by atoms with E-state index in [4.69, 9.17) is 0 Å². The molecule has 4 nitrogen and oxygen atoms in total. The van der Waals surface area contributed by atoms with E-state index in [1.165, 1.54) is 18.5 Å². The highest BCUT2D eigenvalue weighted by Crippen LogP contribution is 2.30. The van der Waals surface area contributed by atoms with Gasteiger partial charge in [-0.25, -0.2) is 4.98 Å². The first-order chi connectivity index (χ1) is 8.24. The smallest absolute Gasteiger partial charge is 0.137 e. The Bertz CT molecular complexity index is 393. The second kappa shape index (κ2) is 4.42. The molecule has 1 aromatic heterocycles. The van der Waals surface area contributed by atoms with Crippen LogP contribution in [0.5, 0.6) is 0 Å². The Morgan fingerprint density at radius 3 is 2.71 bits per heavy atom. The molecule has 94 valence electrons. The number of aliphatic hydroxyl groups excluding tert-OH is 1. The molecule has 2 aliphatic rings. The van der Waals surface area contributed by atoms with Crippen LogP contribution < -0.4 is 0 Å². The molecule has 3 rings (SSSR count). The minimum absolute atomic E-state index is 0.344. The molecule has 0 bridgehead atoms. The van der Waals surface area contributed by atoms with E-state index < -0.39 is 0 Å². The van der Waals surface area contributed by atoms with E-state index in [9.17, 15) is 5.11 Å². The molecule has 1 N–H and O–H groups in total. The van der Waals surface area contributed by atoms with E-state index in [1.807, 2.05) is 0 Å². The maximum absolute atomic E-state index is 9.92. The van der Waals surface area contributed by atoms with Crippen molar-refractivity contribution < 1.29 is 5.11 Å². The number of aryl methyl sites for hydroxylation is 1. The van der Waals surface area contributed by atoms with Gasteiger partial charge in [0, 0.05) is 18.7 Å². The fraction of sp³-hybridized carbons (Fsp3) is 0.769. The zero-order chi connectivity index (χ0) is 11.8. The molecule has 0 amide bonds. The van der Waals surface area contributed by atoms with E-state index in [0.29, 0.717) is 5.92 Å². The van der Waals surface area contributed by atoms with Crippen LogP contribution in [0.2, 0.25) is 0 Å². The van der Waals surface area contributed by atoms with Gasteiger partial charge in [0.25, 0.3) is 0 Å². The monoisotopic (exact) mass is 235 g/mol. The van der Waals surface area contributed by atoms with Gasteiger partial charge in [-0.1, -0.05) is 0 Å². The number of hydrogen-bond acceptors (Lipinski definition) is 3. The Hall–Kier alpha value is -0.870. The van der Waals surface area contributed by atoms with Gasteiger partial charge in [0.15, 0.2) is 0 Å². The van der Waals surface area contributed by atoms with Gasteiger partial charge in [-0.15, -0.1) is 0 Å². The van der Waals surface area contributed by atoms with Gasteiger partial charge in [0.2, 0.25) is 0 Å². The quantitative estimate of drug-likeness (QED) is 0.802. The fourth-order valence-corrected chi connectivity index (χ4v) is 2.98. The first-order valence-corrected chi connectivity index (χ1v) is 6.67. The van der Waals surface area contributed by atoms with Crippen LogP contribution in [0, 0.1) is 0 Å². The van der Waals surface area contributed by atoms with Crippen molar-refractivity contribution in [1.82, 2.24) is 14.5 Å². The molecule has 2 aliphatic heterocycles. The van der Waals surface area contributed by atoms with Crippen LogP contribution in [-0.2, 0) is 6.54 Å². The molecule has 0 aliphatic carbocycles. The normalized spacial score (nSPS) is 27.1. The van der Waals surface area contributed by atoms with Crippen molar-refractivity contribution in [3.8, 4) is 0 Å². The average molecular weight is 235 g/mol. The molecule has 0 spiro atoms. The Kier molecular flexibility index (Phi) is 2.92. The highest BCUT2D eigenvalue weighted by atomic mass is 16.3. The Labute approximate surface area is 102 Å². The molecule has 1 atom stereocenters. The lowest BCUT2D eigenvalue weighted by Gasteiger charge is -2.27. The summed E-state index contributed by atoms with van der Waals surface area (Å²) in [6, 6.07) is 0. The molecule has 1 unspecified atom stereocenters. The summed E-state index contributed by atoms with van der Waals surface area (Å²) in [6.07, 6.45) is 6.16. The molecular formula is C13H21N3O. The van der Waals surface area contributed by atoms with Gasteiger partial charge in [0.1, 0.15) is 11.9 Å². The predicted molar refractivity (Wildman–Crippen MR) is 65.9 cm³/mol. The fourth-order valence-electron chi connectivity index (χ4n) is 2.98. The van der Waals surface area contributed by atoms with E-state index in [1.54, 1.807) is 0 Å². The second-order valence-corrected chi connectivity index (χ2v) is 5.45. The van der Waals surface area contributed by atoms with E-state index in [0.717, 1.165) is 38.3 Å². The third kappa shape index (κ3) is 2.11. The van der Waals surface area contributed by atoms with Crippen LogP contribution in [0.25, 0.3) is 0 Å². The standard InChI is InChI=1S/C13H21N3O/c1-15-7-4-10(5-8-15)11-9-16-6-2-3-12(17)13(16)14-11/h9-10,12,17H,2-8H2,1H3. The molecule has 3 heterocycles. The van der Waals surface area contributed by atoms with Crippen LogP contribution in [0.15, 0.2) is 6.20 Å². The van der Waals surface area contributed by atoms with Gasteiger partial charge >= 0.3 is 0 Å². The molecule has 0 radical (unpaired) electrons. The van der Waals surface area contributed by atoms with Crippen LogP contribution in [-0.4, -0.2) is 39.7 Å². The highest BCUT2D eigenvalue weighted by molar-refractivity contribution is 5.13. The van der Waals surface area contributed by atoms with Crippen molar-refractivity contribution in [3.05, 3.63) is 17.7 Å². The number of aliphatic hydroxyl groups is 1. The summed E-state index contributed by atoms with van der Waals surface area (Å²) in [5.41, 5.74) is 1.20. The summed E-state index contributed by atoms with van der Waals surface area (Å²) in [6.45, 7) is 3.34. The molecular weight excluding hydrogens is 214 g/mol. The molecule has 1 fully saturated rings. The van der Waals surface area contributed by atoms with E-state index in [-0.39, 0.29) is 6.10 Å². The number of hydrogen-bond donors (Lipinski definition) is 1. The zero-order valence-corrected chi connectivity index (χ0v) is 10.5. The maximum atomic E-state index is 9.92. The number of nitrogens with zero attached hydrogens (tertiary/aromatic N) is 3. The van der Waals surface area contributed by atoms with Crippen molar-refractivity contribution in [2.24, 2.45) is 0 Å². The lowest BCUT2D eigenvalue weighted by atomic mass is 9.94. The van der Waals surface area contributed by atoms with Crippen LogP contribution in [0.4, 0.5) is 0 Å². The van der Waals surface area contributed by atoms with Gasteiger partial charge in [0.05, 0.1) is 5.69 Å². The first kappa shape index (κ1) is 11.2. The van der Waals surface area contributed by atoms with E-state index >= 15 is 0 Å². The third-order valence-electron chi connectivity index (χ3n) is 4.14. The lowest BCUT2D eigenvalue weighted by molar-refractivity contribution is 0.133. The Morgan fingerprint density at radius 2 is 2.00 bits per heavy atom. The van der Waals surface area contributed by atoms with E-state index in [2.05, 4.69) is 27.7 Å². The van der Waals surface area contributed by atoms with Gasteiger partial charge in [-0.3, -0.25) is 0 Å². The molecule has 17 heavy (non-hydrogen) atoms. The number of rotatable bonds is 1. The van der Waals surface area contributed by atoms with Gasteiger partial charge in [-0.05, 0) is 45.8 Å². The summed E-state index contributed by atoms with van der Waals surface area (Å²) in [5.74, 6) is 1.49. The largest absolute Gasteiger partial charge is 0.385 e. The average Bonchev–Trinajstić information content (AvgIpc) is 2.75. The predicted octanol–water partition coefficient (Wildman–Crippen LogP) is 1.52. The summed E-state index contributed by atoms with van der Waals surface area (Å²) < 4.78 is 2.15. The Balaban J connectivity index is 1.80. The number of imidazole rings is 1. The number of piperidine rings is 1. The maximum Gasteiger partial charge on any atom is 0.137 e. The molecule has 1 saturated heterocycles.